The second-order valence-corrected chi connectivity index (χ2v) is 5.35. The van der Waals surface area contributed by atoms with Crippen molar-refractivity contribution >= 4 is 11.6 Å². The number of carbonyl (C=O) groups excluding carboxylic acids is 1. The van der Waals surface area contributed by atoms with Crippen molar-refractivity contribution < 1.29 is 9.90 Å². The minimum absolute atomic E-state index is 0.0297. The van der Waals surface area contributed by atoms with Crippen molar-refractivity contribution in [1.82, 2.24) is 4.90 Å². The number of amides is 1. The molecule has 1 unspecified atom stereocenters. The number of anilines is 1. The standard InChI is InChI=1S/C15H23N3O2/c1-11-6-7-14(17-16)13(10-11)15(20)18-8-2-4-12(18)5-3-9-19/h6-7,10,12,17,19H,2-5,8-9,16H2,1H3. The number of hydrazine groups is 1. The Balaban J connectivity index is 2.19. The van der Waals surface area contributed by atoms with E-state index in [0.717, 1.165) is 37.8 Å². The number of likely N-dealkylation sites (tertiary alicyclic amines) is 1. The van der Waals surface area contributed by atoms with Gasteiger partial charge in [0.1, 0.15) is 0 Å². The van der Waals surface area contributed by atoms with Crippen LogP contribution in [0.15, 0.2) is 18.2 Å². The number of benzene rings is 1. The zero-order valence-corrected chi connectivity index (χ0v) is 11.9. The highest BCUT2D eigenvalue weighted by Gasteiger charge is 2.30. The van der Waals surface area contributed by atoms with E-state index in [1.54, 1.807) is 0 Å². The summed E-state index contributed by atoms with van der Waals surface area (Å²) in [5, 5.41) is 8.96. The minimum Gasteiger partial charge on any atom is -0.396 e. The van der Waals surface area contributed by atoms with Gasteiger partial charge in [0.05, 0.1) is 11.3 Å². The summed E-state index contributed by atoms with van der Waals surface area (Å²) in [6, 6.07) is 5.88. The Morgan fingerprint density at radius 3 is 3.05 bits per heavy atom. The fraction of sp³-hybridized carbons (Fsp3) is 0.533. The van der Waals surface area contributed by atoms with Gasteiger partial charge in [-0.3, -0.25) is 10.6 Å². The maximum Gasteiger partial charge on any atom is 0.256 e. The Hall–Kier alpha value is -1.59. The summed E-state index contributed by atoms with van der Waals surface area (Å²) in [5.74, 6) is 5.53. The largest absolute Gasteiger partial charge is 0.396 e. The van der Waals surface area contributed by atoms with Crippen molar-refractivity contribution in [2.24, 2.45) is 5.84 Å². The van der Waals surface area contributed by atoms with Crippen LogP contribution in [0, 0.1) is 6.92 Å². The third kappa shape index (κ3) is 3.11. The van der Waals surface area contributed by atoms with E-state index in [1.807, 2.05) is 30.0 Å². The number of nitrogens with zero attached hydrogens (tertiary/aromatic N) is 1. The van der Waals surface area contributed by atoms with E-state index in [9.17, 15) is 4.79 Å². The lowest BCUT2D eigenvalue weighted by atomic mass is 10.1. The Bertz CT molecular complexity index is 476. The van der Waals surface area contributed by atoms with E-state index < -0.39 is 0 Å². The normalized spacial score (nSPS) is 18.4. The fourth-order valence-corrected chi connectivity index (χ4v) is 2.85. The number of nitrogens with two attached hydrogens (primary N) is 1. The van der Waals surface area contributed by atoms with Crippen molar-refractivity contribution in [1.29, 1.82) is 0 Å². The molecule has 0 bridgehead atoms. The fourth-order valence-electron chi connectivity index (χ4n) is 2.85. The van der Waals surface area contributed by atoms with Crippen LogP contribution >= 0.6 is 0 Å². The lowest BCUT2D eigenvalue weighted by Gasteiger charge is -2.25. The van der Waals surface area contributed by atoms with E-state index in [1.165, 1.54) is 0 Å². The monoisotopic (exact) mass is 277 g/mol. The first-order chi connectivity index (χ1) is 9.67. The summed E-state index contributed by atoms with van der Waals surface area (Å²) in [7, 11) is 0. The van der Waals surface area contributed by atoms with Gasteiger partial charge in [0, 0.05) is 19.2 Å². The van der Waals surface area contributed by atoms with Crippen LogP contribution in [-0.4, -0.2) is 35.1 Å². The van der Waals surface area contributed by atoms with E-state index in [2.05, 4.69) is 5.43 Å². The molecule has 2 rings (SSSR count). The van der Waals surface area contributed by atoms with Crippen molar-refractivity contribution in [3.05, 3.63) is 29.3 Å². The number of aryl methyl sites for hydroxylation is 1. The lowest BCUT2D eigenvalue weighted by Crippen LogP contribution is -2.36. The van der Waals surface area contributed by atoms with Crippen molar-refractivity contribution in [3.63, 3.8) is 0 Å². The molecule has 5 heteroatoms. The van der Waals surface area contributed by atoms with E-state index in [4.69, 9.17) is 10.9 Å². The molecule has 0 aromatic heterocycles. The zero-order valence-electron chi connectivity index (χ0n) is 11.9. The highest BCUT2D eigenvalue weighted by atomic mass is 16.3. The minimum atomic E-state index is 0.0297. The van der Waals surface area contributed by atoms with Gasteiger partial charge in [-0.1, -0.05) is 11.6 Å². The van der Waals surface area contributed by atoms with Gasteiger partial charge in [-0.2, -0.15) is 0 Å². The molecule has 1 fully saturated rings. The molecule has 5 nitrogen and oxygen atoms in total. The highest BCUT2D eigenvalue weighted by Crippen LogP contribution is 2.26. The van der Waals surface area contributed by atoms with Crippen LogP contribution in [0.25, 0.3) is 0 Å². The van der Waals surface area contributed by atoms with E-state index in [-0.39, 0.29) is 18.6 Å². The summed E-state index contributed by atoms with van der Waals surface area (Å²) < 4.78 is 0. The second kappa shape index (κ2) is 6.72. The summed E-state index contributed by atoms with van der Waals surface area (Å²) in [4.78, 5) is 14.6. The first-order valence-electron chi connectivity index (χ1n) is 7.16. The molecule has 0 radical (unpaired) electrons. The number of nitrogen functional groups attached to an aromatic ring is 1. The van der Waals surface area contributed by atoms with Crippen LogP contribution in [0.1, 0.15) is 41.6 Å². The number of aliphatic hydroxyl groups excluding tert-OH is 1. The highest BCUT2D eigenvalue weighted by molar-refractivity contribution is 6.00. The zero-order chi connectivity index (χ0) is 14.5. The van der Waals surface area contributed by atoms with E-state index >= 15 is 0 Å². The summed E-state index contributed by atoms with van der Waals surface area (Å²) in [5.41, 5.74) is 4.93. The first kappa shape index (κ1) is 14.8. The third-order valence-electron chi connectivity index (χ3n) is 3.89. The topological polar surface area (TPSA) is 78.6 Å². The second-order valence-electron chi connectivity index (χ2n) is 5.35. The Morgan fingerprint density at radius 2 is 2.35 bits per heavy atom. The molecule has 1 aromatic rings. The molecule has 0 saturated carbocycles. The SMILES string of the molecule is Cc1ccc(NN)c(C(=O)N2CCCC2CCCO)c1. The number of nitrogens with one attached hydrogen (secondary N) is 1. The molecule has 1 saturated heterocycles. The summed E-state index contributed by atoms with van der Waals surface area (Å²) in [6.45, 7) is 2.93. The molecule has 20 heavy (non-hydrogen) atoms. The van der Waals surface area contributed by atoms with Gasteiger partial charge in [-0.25, -0.2) is 0 Å². The lowest BCUT2D eigenvalue weighted by molar-refractivity contribution is 0.0725. The van der Waals surface area contributed by atoms with Crippen LogP contribution in [-0.2, 0) is 0 Å². The molecular formula is C15H23N3O2. The van der Waals surface area contributed by atoms with Gasteiger partial charge >= 0.3 is 0 Å². The molecule has 4 N–H and O–H groups in total. The van der Waals surface area contributed by atoms with E-state index in [0.29, 0.717) is 11.3 Å². The Kier molecular flexibility index (Phi) is 4.98. The molecule has 1 atom stereocenters. The maximum atomic E-state index is 12.7. The number of hydrogen-bond acceptors (Lipinski definition) is 4. The van der Waals surface area contributed by atoms with Gasteiger partial charge in [0.15, 0.2) is 0 Å². The van der Waals surface area contributed by atoms with Crippen molar-refractivity contribution in [3.8, 4) is 0 Å². The average Bonchev–Trinajstić information content (AvgIpc) is 2.92. The molecule has 1 heterocycles. The molecule has 0 spiro atoms. The van der Waals surface area contributed by atoms with Crippen molar-refractivity contribution in [2.45, 2.75) is 38.6 Å². The third-order valence-corrected chi connectivity index (χ3v) is 3.89. The van der Waals surface area contributed by atoms with Gasteiger partial charge in [0.2, 0.25) is 0 Å². The molecular weight excluding hydrogens is 254 g/mol. The van der Waals surface area contributed by atoms with Gasteiger partial charge in [-0.15, -0.1) is 0 Å². The van der Waals surface area contributed by atoms with Crippen molar-refractivity contribution in [2.75, 3.05) is 18.6 Å². The Morgan fingerprint density at radius 1 is 1.55 bits per heavy atom. The predicted molar refractivity (Wildman–Crippen MR) is 79.4 cm³/mol. The Labute approximate surface area is 119 Å². The number of aliphatic hydroxyl groups is 1. The number of hydrogen-bond donors (Lipinski definition) is 3. The summed E-state index contributed by atoms with van der Waals surface area (Å²) >= 11 is 0. The van der Waals surface area contributed by atoms with Gasteiger partial charge < -0.3 is 15.4 Å². The summed E-state index contributed by atoms with van der Waals surface area (Å²) in [6.07, 6.45) is 3.64. The molecule has 1 aromatic carbocycles. The van der Waals surface area contributed by atoms with Crippen LogP contribution in [0.2, 0.25) is 0 Å². The average molecular weight is 277 g/mol. The van der Waals surface area contributed by atoms with Crippen LogP contribution in [0.5, 0.6) is 0 Å². The quantitative estimate of drug-likeness (QED) is 0.565. The first-order valence-corrected chi connectivity index (χ1v) is 7.16. The molecule has 1 amide bonds. The smallest absolute Gasteiger partial charge is 0.256 e. The molecule has 1 aliphatic rings. The van der Waals surface area contributed by atoms with Gasteiger partial charge in [-0.05, 0) is 44.7 Å². The van der Waals surface area contributed by atoms with Crippen LogP contribution < -0.4 is 11.3 Å². The van der Waals surface area contributed by atoms with Gasteiger partial charge in [0.25, 0.3) is 5.91 Å². The molecule has 110 valence electrons. The predicted octanol–water partition coefficient (Wildman–Crippen LogP) is 1.66. The molecule has 1 aliphatic heterocycles. The number of carbonyl (C=O) groups is 1. The molecule has 0 aliphatic carbocycles. The van der Waals surface area contributed by atoms with Crippen LogP contribution in [0.3, 0.4) is 0 Å². The number of rotatable bonds is 5. The van der Waals surface area contributed by atoms with Crippen LogP contribution in [0.4, 0.5) is 5.69 Å². The maximum absolute atomic E-state index is 12.7.